The number of nitrogens with zero attached hydrogens (tertiary/aromatic N) is 2. The maximum atomic E-state index is 13.5. The molecule has 1 aliphatic heterocycles. The van der Waals surface area contributed by atoms with Crippen LogP contribution in [0.25, 0.3) is 6.08 Å². The Morgan fingerprint density at radius 3 is 2.46 bits per heavy atom. The predicted molar refractivity (Wildman–Crippen MR) is 154 cm³/mol. The number of carbonyl (C=O) groups is 1. The molecule has 0 unspecified atom stereocenters. The quantitative estimate of drug-likeness (QED) is 0.249. The van der Waals surface area contributed by atoms with E-state index >= 15 is 0 Å². The van der Waals surface area contributed by atoms with Crippen LogP contribution >= 0.6 is 23.4 Å². The van der Waals surface area contributed by atoms with Crippen LogP contribution in [0.4, 0.5) is 5.69 Å². The van der Waals surface area contributed by atoms with Gasteiger partial charge in [0.05, 0.1) is 28.8 Å². The zero-order chi connectivity index (χ0) is 26.2. The lowest BCUT2D eigenvalue weighted by Crippen LogP contribution is -2.30. The largest absolute Gasteiger partial charge is 0.493 e. The van der Waals surface area contributed by atoms with Gasteiger partial charge in [0.2, 0.25) is 0 Å². The van der Waals surface area contributed by atoms with Gasteiger partial charge in [-0.05, 0) is 79.4 Å². The third-order valence-corrected chi connectivity index (χ3v) is 7.29. The van der Waals surface area contributed by atoms with Crippen LogP contribution in [0.2, 0.25) is 5.02 Å². The van der Waals surface area contributed by atoms with E-state index in [1.807, 2.05) is 74.5 Å². The summed E-state index contributed by atoms with van der Waals surface area (Å²) in [6, 6.07) is 23.6. The van der Waals surface area contributed by atoms with Crippen molar-refractivity contribution in [3.63, 3.8) is 0 Å². The fourth-order valence-electron chi connectivity index (χ4n) is 3.86. The number of hydrogen-bond donors (Lipinski definition) is 0. The van der Waals surface area contributed by atoms with Crippen molar-refractivity contribution in [1.29, 1.82) is 0 Å². The highest BCUT2D eigenvalue weighted by Crippen LogP contribution is 2.40. The van der Waals surface area contributed by atoms with Gasteiger partial charge >= 0.3 is 0 Å². The van der Waals surface area contributed by atoms with Crippen molar-refractivity contribution >= 4 is 46.2 Å². The predicted octanol–water partition coefficient (Wildman–Crippen LogP) is 7.76. The van der Waals surface area contributed by atoms with Crippen molar-refractivity contribution in [3.8, 4) is 11.5 Å². The number of thioether (sulfide) groups is 1. The number of amidine groups is 1. The van der Waals surface area contributed by atoms with E-state index in [1.165, 1.54) is 17.3 Å². The van der Waals surface area contributed by atoms with E-state index in [0.29, 0.717) is 33.1 Å². The standard InChI is InChI=1S/C30H31ClN2O3S/c1-4-21(2)36-28-25(31)18-23(19-26(28)35-3)20-27-29(34)33(17-11-14-22-12-7-5-8-13-22)30(37-27)32-24-15-9-6-10-16-24/h5-10,12-13,15-16,18-21H,4,11,14,17H2,1-3H3/b27-20-,32-30?/t21-/m0/s1. The summed E-state index contributed by atoms with van der Waals surface area (Å²) in [5, 5.41) is 1.12. The van der Waals surface area contributed by atoms with Gasteiger partial charge in [-0.1, -0.05) is 67.1 Å². The number of aliphatic imine (C=N–C) groups is 1. The van der Waals surface area contributed by atoms with Crippen LogP contribution in [0.5, 0.6) is 11.5 Å². The molecule has 0 saturated carbocycles. The van der Waals surface area contributed by atoms with Gasteiger partial charge < -0.3 is 9.47 Å². The summed E-state index contributed by atoms with van der Waals surface area (Å²) in [6.07, 6.45) is 4.41. The van der Waals surface area contributed by atoms with Crippen LogP contribution in [0.3, 0.4) is 0 Å². The molecule has 1 amide bonds. The van der Waals surface area contributed by atoms with E-state index in [0.717, 1.165) is 30.5 Å². The molecule has 0 aliphatic carbocycles. The molecule has 1 heterocycles. The maximum Gasteiger partial charge on any atom is 0.266 e. The fourth-order valence-corrected chi connectivity index (χ4v) is 5.15. The normalized spacial score (nSPS) is 16.4. The average Bonchev–Trinajstić information content (AvgIpc) is 3.19. The Morgan fingerprint density at radius 2 is 1.78 bits per heavy atom. The van der Waals surface area contributed by atoms with Crippen LogP contribution in [0.15, 0.2) is 82.7 Å². The number of hydrogen-bond acceptors (Lipinski definition) is 5. The molecule has 1 aliphatic rings. The molecule has 0 spiro atoms. The first-order valence-corrected chi connectivity index (χ1v) is 13.6. The smallest absolute Gasteiger partial charge is 0.266 e. The Balaban J connectivity index is 1.60. The molecule has 3 aromatic rings. The Bertz CT molecular complexity index is 1280. The second-order valence-corrected chi connectivity index (χ2v) is 10.2. The molecule has 1 fully saturated rings. The summed E-state index contributed by atoms with van der Waals surface area (Å²) in [7, 11) is 1.58. The lowest BCUT2D eigenvalue weighted by molar-refractivity contribution is -0.122. The van der Waals surface area contributed by atoms with Gasteiger partial charge in [-0.2, -0.15) is 0 Å². The first kappa shape index (κ1) is 26.8. The van der Waals surface area contributed by atoms with Crippen molar-refractivity contribution < 1.29 is 14.3 Å². The molecule has 192 valence electrons. The maximum absolute atomic E-state index is 13.5. The molecule has 1 atom stereocenters. The third-order valence-electron chi connectivity index (χ3n) is 6.00. The molecule has 7 heteroatoms. The monoisotopic (exact) mass is 534 g/mol. The summed E-state index contributed by atoms with van der Waals surface area (Å²) in [4.78, 5) is 20.7. The fraction of sp³-hybridized carbons (Fsp3) is 0.267. The number of halogens is 1. The third kappa shape index (κ3) is 6.96. The topological polar surface area (TPSA) is 51.1 Å². The van der Waals surface area contributed by atoms with Crippen molar-refractivity contribution in [2.75, 3.05) is 13.7 Å². The molecular formula is C30H31ClN2O3S. The highest BCUT2D eigenvalue weighted by molar-refractivity contribution is 8.18. The van der Waals surface area contributed by atoms with Crippen LogP contribution in [-0.4, -0.2) is 35.7 Å². The number of para-hydroxylation sites is 1. The van der Waals surface area contributed by atoms with Gasteiger partial charge in [-0.15, -0.1) is 0 Å². The summed E-state index contributed by atoms with van der Waals surface area (Å²) in [6.45, 7) is 4.61. The minimum Gasteiger partial charge on any atom is -0.493 e. The van der Waals surface area contributed by atoms with Crippen LogP contribution in [0, 0.1) is 0 Å². The van der Waals surface area contributed by atoms with Gasteiger partial charge in [-0.25, -0.2) is 4.99 Å². The Hall–Kier alpha value is -3.22. The van der Waals surface area contributed by atoms with Gasteiger partial charge in [0.25, 0.3) is 5.91 Å². The summed E-state index contributed by atoms with van der Waals surface area (Å²) in [5.41, 5.74) is 2.82. The first-order valence-electron chi connectivity index (χ1n) is 12.4. The number of methoxy groups -OCH3 is 1. The number of amides is 1. The van der Waals surface area contributed by atoms with Crippen molar-refractivity contribution in [2.45, 2.75) is 39.2 Å². The lowest BCUT2D eigenvalue weighted by atomic mass is 10.1. The number of benzene rings is 3. The molecule has 0 N–H and O–H groups in total. The number of ether oxygens (including phenoxy) is 2. The molecule has 1 saturated heterocycles. The van der Waals surface area contributed by atoms with Crippen LogP contribution in [0.1, 0.15) is 37.8 Å². The van der Waals surface area contributed by atoms with E-state index < -0.39 is 0 Å². The van der Waals surface area contributed by atoms with Crippen molar-refractivity contribution in [2.24, 2.45) is 4.99 Å². The van der Waals surface area contributed by atoms with Gasteiger partial charge in [-0.3, -0.25) is 9.69 Å². The van der Waals surface area contributed by atoms with Gasteiger partial charge in [0.15, 0.2) is 16.7 Å². The zero-order valence-corrected chi connectivity index (χ0v) is 22.9. The molecule has 0 bridgehead atoms. The SMILES string of the molecule is CC[C@H](C)Oc1c(Cl)cc(/C=C2\SC(=Nc3ccccc3)N(CCCc3ccccc3)C2=O)cc1OC. The van der Waals surface area contributed by atoms with E-state index in [9.17, 15) is 4.79 Å². The molecule has 0 radical (unpaired) electrons. The number of aryl methyl sites for hydroxylation is 1. The Morgan fingerprint density at radius 1 is 1.08 bits per heavy atom. The van der Waals surface area contributed by atoms with Gasteiger partial charge in [0.1, 0.15) is 0 Å². The molecule has 0 aromatic heterocycles. The lowest BCUT2D eigenvalue weighted by Gasteiger charge is -2.17. The van der Waals surface area contributed by atoms with E-state index in [4.69, 9.17) is 26.1 Å². The second-order valence-electron chi connectivity index (χ2n) is 8.76. The average molecular weight is 535 g/mol. The molecule has 4 rings (SSSR count). The highest BCUT2D eigenvalue weighted by Gasteiger charge is 2.33. The molecule has 37 heavy (non-hydrogen) atoms. The van der Waals surface area contributed by atoms with E-state index in [-0.39, 0.29) is 12.0 Å². The van der Waals surface area contributed by atoms with Crippen LogP contribution < -0.4 is 9.47 Å². The molecule has 5 nitrogen and oxygen atoms in total. The molecule has 3 aromatic carbocycles. The Labute approximate surface area is 228 Å². The zero-order valence-electron chi connectivity index (χ0n) is 21.3. The highest BCUT2D eigenvalue weighted by atomic mass is 35.5. The minimum atomic E-state index is -0.0669. The number of rotatable bonds is 10. The second kappa shape index (κ2) is 12.8. The summed E-state index contributed by atoms with van der Waals surface area (Å²) in [5.74, 6) is 0.982. The van der Waals surface area contributed by atoms with Crippen molar-refractivity contribution in [1.82, 2.24) is 4.90 Å². The van der Waals surface area contributed by atoms with Gasteiger partial charge in [0, 0.05) is 6.54 Å². The molecular weight excluding hydrogens is 504 g/mol. The van der Waals surface area contributed by atoms with Crippen LogP contribution in [-0.2, 0) is 11.2 Å². The Kier molecular flexibility index (Phi) is 9.31. The van der Waals surface area contributed by atoms with Crippen molar-refractivity contribution in [3.05, 3.63) is 93.9 Å². The number of carbonyl (C=O) groups excluding carboxylic acids is 1. The van der Waals surface area contributed by atoms with E-state index in [1.54, 1.807) is 18.1 Å². The van der Waals surface area contributed by atoms with E-state index in [2.05, 4.69) is 12.1 Å². The first-order chi connectivity index (χ1) is 18.0. The summed E-state index contributed by atoms with van der Waals surface area (Å²) < 4.78 is 11.5. The summed E-state index contributed by atoms with van der Waals surface area (Å²) >= 11 is 7.94. The minimum absolute atomic E-state index is 0.00349.